The van der Waals surface area contributed by atoms with E-state index >= 15 is 0 Å². The Morgan fingerprint density at radius 3 is 2.56 bits per heavy atom. The summed E-state index contributed by atoms with van der Waals surface area (Å²) in [4.78, 5) is 17.7. The van der Waals surface area contributed by atoms with Gasteiger partial charge in [0.15, 0.2) is 0 Å². The Hall–Kier alpha value is -2.19. The van der Waals surface area contributed by atoms with Gasteiger partial charge in [-0.15, -0.1) is 0 Å². The van der Waals surface area contributed by atoms with E-state index in [1.165, 1.54) is 18.2 Å². The van der Waals surface area contributed by atoms with Crippen LogP contribution in [-0.4, -0.2) is 60.1 Å². The number of halogens is 4. The molecule has 1 N–H and O–H groups in total. The number of nitrogens with one attached hydrogen (secondary N) is 1. The molecular weight excluding hydrogens is 446 g/mol. The van der Waals surface area contributed by atoms with Gasteiger partial charge < -0.3 is 10.2 Å². The molecule has 0 bridgehead atoms. The van der Waals surface area contributed by atoms with Gasteiger partial charge in [0.25, 0.3) is 0 Å². The molecule has 2 saturated heterocycles. The number of allylic oxidation sites excluding steroid dienone is 4. The minimum atomic E-state index is -1.47. The topological polar surface area (TPSA) is 35.6 Å². The van der Waals surface area contributed by atoms with Crippen molar-refractivity contribution < 1.29 is 22.4 Å². The van der Waals surface area contributed by atoms with Crippen molar-refractivity contribution >= 4 is 5.91 Å². The molecule has 0 radical (unpaired) electrons. The molecule has 0 aromatic heterocycles. The molecule has 0 saturated carbocycles. The van der Waals surface area contributed by atoms with Crippen molar-refractivity contribution in [3.05, 3.63) is 59.5 Å². The molecular formula is C26H33F4N3O. The van der Waals surface area contributed by atoms with Gasteiger partial charge in [-0.1, -0.05) is 12.1 Å². The molecule has 186 valence electrons. The van der Waals surface area contributed by atoms with Crippen molar-refractivity contribution in [2.75, 3.05) is 32.7 Å². The third-order valence-corrected chi connectivity index (χ3v) is 7.40. The molecule has 3 aliphatic rings. The summed E-state index contributed by atoms with van der Waals surface area (Å²) in [6.45, 7) is 8.60. The second-order valence-electron chi connectivity index (χ2n) is 10.6. The van der Waals surface area contributed by atoms with E-state index in [0.29, 0.717) is 44.7 Å². The van der Waals surface area contributed by atoms with Gasteiger partial charge in [-0.25, -0.2) is 17.6 Å². The smallest absolute Gasteiger partial charge is 0.227 e. The molecule has 4 rings (SSSR count). The monoisotopic (exact) mass is 479 g/mol. The molecule has 1 aromatic rings. The lowest BCUT2D eigenvalue weighted by Crippen LogP contribution is -2.43. The Kier molecular flexibility index (Phi) is 7.20. The van der Waals surface area contributed by atoms with Crippen molar-refractivity contribution in [3.8, 4) is 0 Å². The SMILES string of the molecule is CC(C)(C)N1CC(C(=O)N2CCNC(c3ccc(F)cc3F)CC2)[C@H](C2C=CC(F)=CC2F)C1. The van der Waals surface area contributed by atoms with Gasteiger partial charge in [-0.05, 0) is 51.3 Å². The van der Waals surface area contributed by atoms with Crippen molar-refractivity contribution in [1.82, 2.24) is 15.1 Å². The summed E-state index contributed by atoms with van der Waals surface area (Å²) in [5.41, 5.74) is 0.194. The highest BCUT2D eigenvalue weighted by Gasteiger charge is 2.47. The van der Waals surface area contributed by atoms with Crippen molar-refractivity contribution in [3.63, 3.8) is 0 Å². The van der Waals surface area contributed by atoms with Crippen LogP contribution in [0.15, 0.2) is 42.3 Å². The molecule has 1 aromatic carbocycles. The van der Waals surface area contributed by atoms with Crippen LogP contribution in [0.1, 0.15) is 38.8 Å². The molecule has 2 fully saturated rings. The average molecular weight is 480 g/mol. The van der Waals surface area contributed by atoms with E-state index in [2.05, 4.69) is 31.0 Å². The van der Waals surface area contributed by atoms with Gasteiger partial charge in [-0.3, -0.25) is 9.69 Å². The van der Waals surface area contributed by atoms with E-state index < -0.39 is 35.5 Å². The normalized spacial score (nSPS) is 30.9. The summed E-state index contributed by atoms with van der Waals surface area (Å²) in [6.07, 6.45) is 2.86. The molecule has 8 heteroatoms. The van der Waals surface area contributed by atoms with Crippen LogP contribution in [0.5, 0.6) is 0 Å². The molecule has 34 heavy (non-hydrogen) atoms. The lowest BCUT2D eigenvalue weighted by molar-refractivity contribution is -0.136. The number of carbonyl (C=O) groups is 1. The summed E-state index contributed by atoms with van der Waals surface area (Å²) < 4.78 is 56.0. The number of hydrogen-bond donors (Lipinski definition) is 1. The highest BCUT2D eigenvalue weighted by atomic mass is 19.1. The van der Waals surface area contributed by atoms with Crippen molar-refractivity contribution in [1.29, 1.82) is 0 Å². The van der Waals surface area contributed by atoms with Crippen LogP contribution in [0.3, 0.4) is 0 Å². The van der Waals surface area contributed by atoms with E-state index in [1.54, 1.807) is 11.0 Å². The largest absolute Gasteiger partial charge is 0.341 e. The maximum atomic E-state index is 14.8. The zero-order valence-corrected chi connectivity index (χ0v) is 19.9. The number of alkyl halides is 1. The standard InChI is InChI=1S/C26H33F4N3O/c1-26(2,3)33-14-20(18-6-4-16(27)12-22(18)29)21(15-33)25(34)32-10-8-24(31-9-11-32)19-7-5-17(28)13-23(19)30/h4-7,12-13,18,20-22,24,31H,8-11,14-15H2,1-3H3/t18?,20-,21?,22?,24?/m0/s1. The first-order valence-corrected chi connectivity index (χ1v) is 12.0. The van der Waals surface area contributed by atoms with Gasteiger partial charge in [-0.2, -0.15) is 0 Å². The first kappa shape index (κ1) is 24.9. The molecule has 1 amide bonds. The summed E-state index contributed by atoms with van der Waals surface area (Å²) in [7, 11) is 0. The van der Waals surface area contributed by atoms with Crippen LogP contribution >= 0.6 is 0 Å². The number of nitrogens with zero attached hydrogens (tertiary/aromatic N) is 2. The van der Waals surface area contributed by atoms with Crippen LogP contribution in [0, 0.1) is 29.4 Å². The number of benzene rings is 1. The zero-order chi connectivity index (χ0) is 24.6. The first-order valence-electron chi connectivity index (χ1n) is 12.0. The summed E-state index contributed by atoms with van der Waals surface area (Å²) >= 11 is 0. The molecule has 0 spiro atoms. The second kappa shape index (κ2) is 9.82. The molecule has 1 aliphatic carbocycles. The van der Waals surface area contributed by atoms with Crippen molar-refractivity contribution in [2.45, 2.75) is 44.9 Å². The second-order valence-corrected chi connectivity index (χ2v) is 10.6. The molecule has 2 heterocycles. The lowest BCUT2D eigenvalue weighted by atomic mass is 9.78. The summed E-state index contributed by atoms with van der Waals surface area (Å²) in [6, 6.07) is 3.23. The van der Waals surface area contributed by atoms with Gasteiger partial charge >= 0.3 is 0 Å². The number of rotatable bonds is 3. The van der Waals surface area contributed by atoms with E-state index in [0.717, 1.165) is 12.1 Å². The van der Waals surface area contributed by atoms with E-state index in [-0.39, 0.29) is 23.4 Å². The summed E-state index contributed by atoms with van der Waals surface area (Å²) in [5.74, 6) is -3.12. The van der Waals surface area contributed by atoms with Crippen molar-refractivity contribution in [2.24, 2.45) is 17.8 Å². The van der Waals surface area contributed by atoms with E-state index in [4.69, 9.17) is 0 Å². The van der Waals surface area contributed by atoms with E-state index in [1.807, 2.05) is 0 Å². The maximum absolute atomic E-state index is 14.8. The Bertz CT molecular complexity index is 973. The highest BCUT2D eigenvalue weighted by Crippen LogP contribution is 2.40. The Morgan fingerprint density at radius 1 is 1.12 bits per heavy atom. The quantitative estimate of drug-likeness (QED) is 0.646. The number of hydrogen-bond acceptors (Lipinski definition) is 3. The predicted octanol–water partition coefficient (Wildman–Crippen LogP) is 4.55. The lowest BCUT2D eigenvalue weighted by Gasteiger charge is -2.32. The third kappa shape index (κ3) is 5.23. The third-order valence-electron chi connectivity index (χ3n) is 7.40. The minimum Gasteiger partial charge on any atom is -0.341 e. The van der Waals surface area contributed by atoms with Crippen LogP contribution in [0.25, 0.3) is 0 Å². The van der Waals surface area contributed by atoms with Crippen LogP contribution in [-0.2, 0) is 4.79 Å². The predicted molar refractivity (Wildman–Crippen MR) is 123 cm³/mol. The van der Waals surface area contributed by atoms with Crippen LogP contribution in [0.4, 0.5) is 17.6 Å². The maximum Gasteiger partial charge on any atom is 0.227 e. The molecule has 5 atom stereocenters. The van der Waals surface area contributed by atoms with Gasteiger partial charge in [0.2, 0.25) is 5.91 Å². The molecule has 2 aliphatic heterocycles. The van der Waals surface area contributed by atoms with Gasteiger partial charge in [0.1, 0.15) is 23.6 Å². The van der Waals surface area contributed by atoms with E-state index in [9.17, 15) is 22.4 Å². The number of carbonyl (C=O) groups excluding carboxylic acids is 1. The fourth-order valence-corrected chi connectivity index (χ4v) is 5.41. The first-order chi connectivity index (χ1) is 16.0. The molecule has 4 unspecified atom stereocenters. The molecule has 4 nitrogen and oxygen atoms in total. The van der Waals surface area contributed by atoms with Crippen LogP contribution < -0.4 is 5.32 Å². The Labute approximate surface area is 198 Å². The Balaban J connectivity index is 1.51. The fraction of sp³-hybridized carbons (Fsp3) is 0.577. The zero-order valence-electron chi connectivity index (χ0n) is 19.9. The van der Waals surface area contributed by atoms with Gasteiger partial charge in [0, 0.05) is 61.9 Å². The average Bonchev–Trinajstić information content (AvgIpc) is 3.06. The van der Waals surface area contributed by atoms with Crippen LogP contribution in [0.2, 0.25) is 0 Å². The number of amides is 1. The highest BCUT2D eigenvalue weighted by molar-refractivity contribution is 5.80. The fourth-order valence-electron chi connectivity index (χ4n) is 5.41. The number of likely N-dealkylation sites (tertiary alicyclic amines) is 1. The minimum absolute atomic E-state index is 0.0468. The van der Waals surface area contributed by atoms with Gasteiger partial charge in [0.05, 0.1) is 5.92 Å². The summed E-state index contributed by atoms with van der Waals surface area (Å²) in [5, 5.41) is 3.27. The Morgan fingerprint density at radius 2 is 1.88 bits per heavy atom.